The molecule has 0 unspecified atom stereocenters. The van der Waals surface area contributed by atoms with Gasteiger partial charge >= 0.3 is 0 Å². The number of aromatic nitrogens is 1. The average Bonchev–Trinajstić information content (AvgIpc) is 2.49. The second-order valence-electron chi connectivity index (χ2n) is 4.60. The Morgan fingerprint density at radius 1 is 1.14 bits per heavy atom. The summed E-state index contributed by atoms with van der Waals surface area (Å²) >= 11 is 6.00. The van der Waals surface area contributed by atoms with E-state index < -0.39 is 0 Å². The van der Waals surface area contributed by atoms with Crippen LogP contribution in [0.4, 0.5) is 11.4 Å². The summed E-state index contributed by atoms with van der Waals surface area (Å²) in [6.07, 6.45) is 3.06. The van der Waals surface area contributed by atoms with Crippen molar-refractivity contribution >= 4 is 39.7 Å². The van der Waals surface area contributed by atoms with Crippen LogP contribution in [-0.2, 0) is 0 Å². The molecule has 0 radical (unpaired) electrons. The summed E-state index contributed by atoms with van der Waals surface area (Å²) in [5.41, 5.74) is 7.26. The maximum Gasteiger partial charge on any atom is 0.257 e. The molecule has 0 atom stereocenters. The van der Waals surface area contributed by atoms with Gasteiger partial charge in [-0.15, -0.1) is 0 Å². The molecule has 0 spiro atoms. The normalized spacial score (nSPS) is 10.5. The number of nitrogens with zero attached hydrogens (tertiary/aromatic N) is 1. The molecule has 0 saturated heterocycles. The van der Waals surface area contributed by atoms with E-state index in [1.807, 2.05) is 24.3 Å². The van der Waals surface area contributed by atoms with Crippen LogP contribution in [0.2, 0.25) is 5.02 Å². The van der Waals surface area contributed by atoms with Crippen molar-refractivity contribution in [3.05, 3.63) is 65.4 Å². The van der Waals surface area contributed by atoms with Gasteiger partial charge in [0, 0.05) is 11.9 Å². The third-order valence-electron chi connectivity index (χ3n) is 3.18. The first kappa shape index (κ1) is 13.4. The molecule has 1 aromatic heterocycles. The summed E-state index contributed by atoms with van der Waals surface area (Å²) in [6, 6.07) is 12.9. The molecule has 1 heterocycles. The van der Waals surface area contributed by atoms with E-state index in [-0.39, 0.29) is 5.91 Å². The quantitative estimate of drug-likeness (QED) is 0.708. The minimum absolute atomic E-state index is 0.312. The van der Waals surface area contributed by atoms with Crippen molar-refractivity contribution < 1.29 is 4.79 Å². The molecule has 3 aromatic rings. The van der Waals surface area contributed by atoms with Gasteiger partial charge in [0.25, 0.3) is 5.91 Å². The maximum absolute atomic E-state index is 12.4. The number of nitrogens with two attached hydrogens (primary N) is 1. The van der Waals surface area contributed by atoms with Crippen molar-refractivity contribution in [1.82, 2.24) is 4.98 Å². The molecule has 0 aliphatic carbocycles. The van der Waals surface area contributed by atoms with Crippen molar-refractivity contribution in [2.75, 3.05) is 11.1 Å². The predicted molar refractivity (Wildman–Crippen MR) is 85.6 cm³/mol. The lowest BCUT2D eigenvalue weighted by molar-refractivity contribution is 0.102. The van der Waals surface area contributed by atoms with Gasteiger partial charge in [-0.3, -0.25) is 9.78 Å². The first-order valence-electron chi connectivity index (χ1n) is 6.34. The zero-order valence-electron chi connectivity index (χ0n) is 11.0. The molecular weight excluding hydrogens is 286 g/mol. The summed E-state index contributed by atoms with van der Waals surface area (Å²) in [5.74, 6) is -0.312. The summed E-state index contributed by atoms with van der Waals surface area (Å²) in [7, 11) is 0. The molecule has 0 bridgehead atoms. The van der Waals surface area contributed by atoms with E-state index in [2.05, 4.69) is 10.3 Å². The minimum atomic E-state index is -0.312. The molecule has 5 heteroatoms. The topological polar surface area (TPSA) is 68.0 Å². The summed E-state index contributed by atoms with van der Waals surface area (Å²) < 4.78 is 0. The number of fused-ring (bicyclic) bond motifs is 1. The van der Waals surface area contributed by atoms with Crippen LogP contribution < -0.4 is 11.1 Å². The fraction of sp³-hybridized carbons (Fsp3) is 0. The Kier molecular flexibility index (Phi) is 3.46. The van der Waals surface area contributed by atoms with Gasteiger partial charge in [0.05, 0.1) is 22.5 Å². The maximum atomic E-state index is 12.4. The first-order chi connectivity index (χ1) is 10.1. The predicted octanol–water partition coefficient (Wildman–Crippen LogP) is 3.72. The van der Waals surface area contributed by atoms with E-state index in [4.69, 9.17) is 17.3 Å². The fourth-order valence-electron chi connectivity index (χ4n) is 2.11. The highest BCUT2D eigenvalue weighted by atomic mass is 35.5. The zero-order valence-corrected chi connectivity index (χ0v) is 11.8. The lowest BCUT2D eigenvalue weighted by atomic mass is 10.0. The molecule has 0 saturated carbocycles. The lowest BCUT2D eigenvalue weighted by Gasteiger charge is -2.10. The van der Waals surface area contributed by atoms with Crippen LogP contribution in [0.15, 0.2) is 54.9 Å². The summed E-state index contributed by atoms with van der Waals surface area (Å²) in [6.45, 7) is 0. The molecular formula is C16H12ClN3O. The number of rotatable bonds is 2. The monoisotopic (exact) mass is 297 g/mol. The highest BCUT2D eigenvalue weighted by Crippen LogP contribution is 2.24. The van der Waals surface area contributed by atoms with E-state index in [1.165, 1.54) is 6.20 Å². The second-order valence-corrected chi connectivity index (χ2v) is 5.00. The SMILES string of the molecule is Nc1cc2ccccc2cc1C(=O)Nc1cnccc1Cl. The van der Waals surface area contributed by atoms with Crippen LogP contribution in [0.25, 0.3) is 10.8 Å². The summed E-state index contributed by atoms with van der Waals surface area (Å²) in [4.78, 5) is 16.3. The molecule has 0 aliphatic rings. The van der Waals surface area contributed by atoms with Gasteiger partial charge in [0.15, 0.2) is 0 Å². The van der Waals surface area contributed by atoms with Gasteiger partial charge in [-0.2, -0.15) is 0 Å². The number of carbonyl (C=O) groups is 1. The van der Waals surface area contributed by atoms with Gasteiger partial charge in [-0.1, -0.05) is 35.9 Å². The van der Waals surface area contributed by atoms with Crippen molar-refractivity contribution in [2.45, 2.75) is 0 Å². The number of nitrogens with one attached hydrogen (secondary N) is 1. The number of nitrogen functional groups attached to an aromatic ring is 1. The molecule has 0 aliphatic heterocycles. The largest absolute Gasteiger partial charge is 0.398 e. The van der Waals surface area contributed by atoms with Crippen LogP contribution in [-0.4, -0.2) is 10.9 Å². The van der Waals surface area contributed by atoms with E-state index in [1.54, 1.807) is 24.4 Å². The third-order valence-corrected chi connectivity index (χ3v) is 3.51. The Hall–Kier alpha value is -2.59. The van der Waals surface area contributed by atoms with Crippen LogP contribution in [0.3, 0.4) is 0 Å². The standard InChI is InChI=1S/C16H12ClN3O/c17-13-5-6-19-9-15(13)20-16(21)12-7-10-3-1-2-4-11(10)8-14(12)18/h1-9H,18H2,(H,20,21). The van der Waals surface area contributed by atoms with Crippen LogP contribution in [0, 0.1) is 0 Å². The number of amides is 1. The molecule has 0 fully saturated rings. The number of benzene rings is 2. The van der Waals surface area contributed by atoms with Gasteiger partial charge < -0.3 is 11.1 Å². The van der Waals surface area contributed by atoms with E-state index >= 15 is 0 Å². The zero-order chi connectivity index (χ0) is 14.8. The molecule has 21 heavy (non-hydrogen) atoms. The van der Waals surface area contributed by atoms with Crippen molar-refractivity contribution in [3.63, 3.8) is 0 Å². The van der Waals surface area contributed by atoms with E-state index in [0.717, 1.165) is 10.8 Å². The second kappa shape index (κ2) is 5.42. The van der Waals surface area contributed by atoms with Crippen molar-refractivity contribution in [2.24, 2.45) is 0 Å². The minimum Gasteiger partial charge on any atom is -0.398 e. The van der Waals surface area contributed by atoms with Crippen molar-refractivity contribution in [3.8, 4) is 0 Å². The Labute approximate surface area is 126 Å². The number of hydrogen-bond acceptors (Lipinski definition) is 3. The number of halogens is 1. The average molecular weight is 298 g/mol. The Morgan fingerprint density at radius 2 is 1.86 bits per heavy atom. The molecule has 104 valence electrons. The van der Waals surface area contributed by atoms with E-state index in [0.29, 0.717) is 22.0 Å². The summed E-state index contributed by atoms with van der Waals surface area (Å²) in [5, 5.41) is 5.09. The number of hydrogen-bond donors (Lipinski definition) is 2. The van der Waals surface area contributed by atoms with E-state index in [9.17, 15) is 4.79 Å². The molecule has 3 N–H and O–H groups in total. The Balaban J connectivity index is 1.98. The van der Waals surface area contributed by atoms with Crippen LogP contribution >= 0.6 is 11.6 Å². The first-order valence-corrected chi connectivity index (χ1v) is 6.72. The molecule has 4 nitrogen and oxygen atoms in total. The number of pyridine rings is 1. The van der Waals surface area contributed by atoms with Gasteiger partial charge in [-0.05, 0) is 29.0 Å². The van der Waals surface area contributed by atoms with Gasteiger partial charge in [0.2, 0.25) is 0 Å². The third kappa shape index (κ3) is 2.66. The molecule has 3 rings (SSSR count). The number of anilines is 2. The Morgan fingerprint density at radius 3 is 2.57 bits per heavy atom. The number of carbonyl (C=O) groups excluding carboxylic acids is 1. The highest BCUT2D eigenvalue weighted by molar-refractivity contribution is 6.33. The smallest absolute Gasteiger partial charge is 0.257 e. The molecule has 1 amide bonds. The highest BCUT2D eigenvalue weighted by Gasteiger charge is 2.12. The van der Waals surface area contributed by atoms with Crippen molar-refractivity contribution in [1.29, 1.82) is 0 Å². The lowest BCUT2D eigenvalue weighted by Crippen LogP contribution is -2.14. The van der Waals surface area contributed by atoms with Gasteiger partial charge in [-0.25, -0.2) is 0 Å². The Bertz CT molecular complexity index is 833. The van der Waals surface area contributed by atoms with Crippen LogP contribution in [0.1, 0.15) is 10.4 Å². The van der Waals surface area contributed by atoms with Gasteiger partial charge in [0.1, 0.15) is 0 Å². The fourth-order valence-corrected chi connectivity index (χ4v) is 2.27. The van der Waals surface area contributed by atoms with Crippen LogP contribution in [0.5, 0.6) is 0 Å². The molecule has 2 aromatic carbocycles.